The van der Waals surface area contributed by atoms with Gasteiger partial charge in [0.1, 0.15) is 11.1 Å². The van der Waals surface area contributed by atoms with Crippen LogP contribution in [0.15, 0.2) is 134 Å². The molecule has 1 atom stereocenters. The number of rotatable bonds is 2. The number of hydrogen-bond donors (Lipinski definition) is 0. The van der Waals surface area contributed by atoms with Crippen molar-refractivity contribution >= 4 is 0 Å². The highest BCUT2D eigenvalue weighted by Gasteiger charge is 2.67. The minimum Gasteiger partial charge on any atom is -0.125 e. The van der Waals surface area contributed by atoms with Crippen molar-refractivity contribution in [2.75, 3.05) is 0 Å². The molecule has 0 amide bonds. The van der Waals surface area contributed by atoms with Crippen molar-refractivity contribution < 1.29 is 9.13 Å². The fraction of sp³-hybridized carbons (Fsp3) is 0.209. The molecule has 0 N–H and O–H groups in total. The molecule has 0 radical (unpaired) electrons. The maximum atomic E-state index is 2.58. The van der Waals surface area contributed by atoms with Gasteiger partial charge in [0.25, 0.3) is 0 Å². The van der Waals surface area contributed by atoms with Gasteiger partial charge >= 0.3 is 5.66 Å². The first kappa shape index (κ1) is 27.7. The Labute approximate surface area is 267 Å². The smallest absolute Gasteiger partial charge is 0.125 e. The summed E-state index contributed by atoms with van der Waals surface area (Å²) in [6.45, 7) is 13.9. The van der Waals surface area contributed by atoms with E-state index in [1.807, 2.05) is 0 Å². The molecule has 2 aliphatic heterocycles. The highest BCUT2D eigenvalue weighted by atomic mass is 15.3. The minimum absolute atomic E-state index is 0.00407. The van der Waals surface area contributed by atoms with Gasteiger partial charge in [-0.2, -0.15) is 0 Å². The van der Waals surface area contributed by atoms with Crippen LogP contribution in [0.25, 0.3) is 44.8 Å². The SMILES string of the molecule is CC(C)(C)c1ccc2[n+](c1)C1(c3ccccc3-c3cc(C(C)(C)C)c(-c4ccccc4)c[n+]31)c1ccc(-c3ccccc3)cc1-2. The first-order chi connectivity index (χ1) is 21.6. The molecule has 2 aliphatic rings. The van der Waals surface area contributed by atoms with E-state index in [0.717, 1.165) is 0 Å². The predicted octanol–water partition coefficient (Wildman–Crippen LogP) is 9.45. The van der Waals surface area contributed by atoms with Gasteiger partial charge in [0.15, 0.2) is 12.4 Å². The van der Waals surface area contributed by atoms with Crippen LogP contribution in [0.5, 0.6) is 0 Å². The average molecular weight is 585 g/mol. The summed E-state index contributed by atoms with van der Waals surface area (Å²) in [5.41, 5.74) is 14.8. The highest BCUT2D eigenvalue weighted by Crippen LogP contribution is 2.49. The Morgan fingerprint density at radius 1 is 0.444 bits per heavy atom. The summed E-state index contributed by atoms with van der Waals surface area (Å²) in [7, 11) is 0. The van der Waals surface area contributed by atoms with Crippen LogP contribution in [0.2, 0.25) is 0 Å². The summed E-state index contributed by atoms with van der Waals surface area (Å²) in [5.74, 6) is 0. The van der Waals surface area contributed by atoms with Gasteiger partial charge in [0.05, 0.1) is 11.1 Å². The normalized spacial score (nSPS) is 16.3. The molecule has 0 fully saturated rings. The summed E-state index contributed by atoms with van der Waals surface area (Å²) in [6.07, 6.45) is 4.88. The fourth-order valence-electron chi connectivity index (χ4n) is 7.59. The van der Waals surface area contributed by atoms with Crippen molar-refractivity contribution in [3.8, 4) is 44.8 Å². The van der Waals surface area contributed by atoms with Crippen LogP contribution >= 0.6 is 0 Å². The lowest BCUT2D eigenvalue weighted by molar-refractivity contribution is -0.955. The molecular formula is C43H40N2+2. The number of nitrogens with zero attached hydrogens (tertiary/aromatic N) is 2. The van der Waals surface area contributed by atoms with Gasteiger partial charge in [0.2, 0.25) is 11.4 Å². The molecule has 1 spiro atoms. The third kappa shape index (κ3) is 4.01. The number of fused-ring (bicyclic) bond motifs is 10. The maximum Gasteiger partial charge on any atom is 0.417 e. The van der Waals surface area contributed by atoms with Gasteiger partial charge in [-0.05, 0) is 63.4 Å². The monoisotopic (exact) mass is 584 g/mol. The molecule has 0 bridgehead atoms. The van der Waals surface area contributed by atoms with Crippen molar-refractivity contribution in [3.63, 3.8) is 0 Å². The van der Waals surface area contributed by atoms with E-state index in [1.54, 1.807) is 0 Å². The Hall–Kier alpha value is -4.82. The zero-order chi connectivity index (χ0) is 31.1. The summed E-state index contributed by atoms with van der Waals surface area (Å²) in [5, 5.41) is 0. The molecule has 220 valence electrons. The standard InChI is InChI=1S/C43H40N2/c1-41(2,3)32-22-24-39-34-25-31(29-15-9-7-10-16-29)21-23-37(34)43(44(39)27-32)36-20-14-13-19-33(36)40-26-38(42(4,5)6)35(28-45(40)43)30-17-11-8-12-18-30/h7-28H,1-6H3/q+2. The lowest BCUT2D eigenvalue weighted by Crippen LogP contribution is -2.71. The van der Waals surface area contributed by atoms with Crippen LogP contribution in [-0.4, -0.2) is 0 Å². The third-order valence-electron chi connectivity index (χ3n) is 9.85. The second-order valence-electron chi connectivity index (χ2n) is 14.7. The summed E-state index contributed by atoms with van der Waals surface area (Å²) in [4.78, 5) is 0. The zero-order valence-electron chi connectivity index (χ0n) is 27.1. The highest BCUT2D eigenvalue weighted by molar-refractivity contribution is 5.79. The quantitative estimate of drug-likeness (QED) is 0.179. The molecule has 0 saturated heterocycles. The van der Waals surface area contributed by atoms with E-state index < -0.39 is 5.66 Å². The Morgan fingerprint density at radius 2 is 1.07 bits per heavy atom. The molecule has 6 aromatic rings. The second kappa shape index (κ2) is 9.59. The van der Waals surface area contributed by atoms with E-state index in [9.17, 15) is 0 Å². The molecule has 2 nitrogen and oxygen atoms in total. The maximum absolute atomic E-state index is 2.58. The van der Waals surface area contributed by atoms with E-state index in [0.29, 0.717) is 0 Å². The largest absolute Gasteiger partial charge is 0.417 e. The number of hydrogen-bond acceptors (Lipinski definition) is 0. The predicted molar refractivity (Wildman–Crippen MR) is 184 cm³/mol. The first-order valence-electron chi connectivity index (χ1n) is 16.1. The molecule has 4 aromatic carbocycles. The zero-order valence-corrected chi connectivity index (χ0v) is 27.1. The molecule has 8 rings (SSSR count). The Balaban J connectivity index is 1.52. The van der Waals surface area contributed by atoms with Gasteiger partial charge in [-0.15, -0.1) is 9.13 Å². The van der Waals surface area contributed by atoms with Crippen molar-refractivity contribution in [1.82, 2.24) is 0 Å². The topological polar surface area (TPSA) is 7.76 Å². The van der Waals surface area contributed by atoms with E-state index in [-0.39, 0.29) is 10.8 Å². The van der Waals surface area contributed by atoms with Crippen LogP contribution in [-0.2, 0) is 16.5 Å². The van der Waals surface area contributed by atoms with Gasteiger partial charge in [-0.1, -0.05) is 120 Å². The fourth-order valence-corrected chi connectivity index (χ4v) is 7.59. The van der Waals surface area contributed by atoms with E-state index in [2.05, 4.69) is 184 Å². The van der Waals surface area contributed by atoms with Crippen molar-refractivity contribution in [2.45, 2.75) is 58.0 Å². The van der Waals surface area contributed by atoms with Crippen LogP contribution < -0.4 is 9.13 Å². The van der Waals surface area contributed by atoms with Crippen molar-refractivity contribution in [2.24, 2.45) is 0 Å². The van der Waals surface area contributed by atoms with Crippen molar-refractivity contribution in [3.05, 3.63) is 156 Å². The van der Waals surface area contributed by atoms with Crippen molar-refractivity contribution in [1.29, 1.82) is 0 Å². The van der Waals surface area contributed by atoms with Gasteiger partial charge in [-0.3, -0.25) is 0 Å². The molecule has 2 aromatic heterocycles. The molecule has 0 aliphatic carbocycles. The number of pyridine rings is 2. The van der Waals surface area contributed by atoms with Crippen LogP contribution in [0.1, 0.15) is 63.8 Å². The lowest BCUT2D eigenvalue weighted by atomic mass is 9.82. The molecule has 1 unspecified atom stereocenters. The summed E-state index contributed by atoms with van der Waals surface area (Å²) >= 11 is 0. The molecule has 0 saturated carbocycles. The molecule has 4 heterocycles. The van der Waals surface area contributed by atoms with E-state index in [4.69, 9.17) is 0 Å². The Morgan fingerprint density at radius 3 is 1.76 bits per heavy atom. The van der Waals surface area contributed by atoms with Gasteiger partial charge in [-0.25, -0.2) is 0 Å². The number of aromatic nitrogens is 2. The van der Waals surface area contributed by atoms with Crippen LogP contribution in [0.3, 0.4) is 0 Å². The van der Waals surface area contributed by atoms with E-state index in [1.165, 1.54) is 67.0 Å². The van der Waals surface area contributed by atoms with Gasteiger partial charge in [0, 0.05) is 23.3 Å². The average Bonchev–Trinajstić information content (AvgIpc) is 3.50. The van der Waals surface area contributed by atoms with Gasteiger partial charge < -0.3 is 0 Å². The molecular weight excluding hydrogens is 544 g/mol. The summed E-state index contributed by atoms with van der Waals surface area (Å²) < 4.78 is 5.16. The second-order valence-corrected chi connectivity index (χ2v) is 14.7. The Bertz CT molecular complexity index is 2110. The minimum atomic E-state index is -0.562. The molecule has 45 heavy (non-hydrogen) atoms. The van der Waals surface area contributed by atoms with Crippen LogP contribution in [0.4, 0.5) is 0 Å². The summed E-state index contributed by atoms with van der Waals surface area (Å²) in [6, 6.07) is 45.0. The molecule has 2 heteroatoms. The Kier molecular flexibility index (Phi) is 5.90. The lowest BCUT2D eigenvalue weighted by Gasteiger charge is -2.24. The third-order valence-corrected chi connectivity index (χ3v) is 9.85. The van der Waals surface area contributed by atoms with E-state index >= 15 is 0 Å². The number of benzene rings is 4. The first-order valence-corrected chi connectivity index (χ1v) is 16.1. The van der Waals surface area contributed by atoms with Crippen LogP contribution in [0, 0.1) is 0 Å².